The Bertz CT molecular complexity index is 85.1. The third kappa shape index (κ3) is 3.24. The third-order valence-corrected chi connectivity index (χ3v) is 1.11. The minimum absolute atomic E-state index is 0.186. The Balaban J connectivity index is 3.44. The van der Waals surface area contributed by atoms with E-state index in [2.05, 4.69) is 6.58 Å². The van der Waals surface area contributed by atoms with Crippen molar-refractivity contribution in [1.82, 2.24) is 0 Å². The molecule has 0 aromatic heterocycles. The fourth-order valence-electron chi connectivity index (χ4n) is 0.467. The number of nitrogens with two attached hydrogens (primary N) is 1. The first-order valence-corrected chi connectivity index (χ1v) is 2.87. The summed E-state index contributed by atoms with van der Waals surface area (Å²) >= 11 is 0. The standard InChI is InChI=1S/C6H13NO2/c1-2-3-6(9)5(7)4-8/h2,5-6,8-9H,1,3-4,7H2/t5-,6-/m0/s1. The van der Waals surface area contributed by atoms with Crippen LogP contribution in [0.2, 0.25) is 0 Å². The average molecular weight is 131 g/mol. The van der Waals surface area contributed by atoms with Gasteiger partial charge in [-0.15, -0.1) is 6.58 Å². The highest BCUT2D eigenvalue weighted by Gasteiger charge is 2.10. The summed E-state index contributed by atoms with van der Waals surface area (Å²) in [7, 11) is 0. The van der Waals surface area contributed by atoms with Crippen molar-refractivity contribution in [3.8, 4) is 0 Å². The largest absolute Gasteiger partial charge is 0.395 e. The molecule has 0 aromatic carbocycles. The van der Waals surface area contributed by atoms with Crippen molar-refractivity contribution in [2.24, 2.45) is 5.73 Å². The Labute approximate surface area is 54.8 Å². The van der Waals surface area contributed by atoms with E-state index in [0.717, 1.165) is 0 Å². The molecule has 2 atom stereocenters. The molecule has 3 nitrogen and oxygen atoms in total. The van der Waals surface area contributed by atoms with Gasteiger partial charge in [0.05, 0.1) is 18.8 Å². The predicted octanol–water partition coefficient (Wildman–Crippen LogP) is -0.757. The Morgan fingerprint density at radius 1 is 1.67 bits per heavy atom. The van der Waals surface area contributed by atoms with Crippen LogP contribution in [0.1, 0.15) is 6.42 Å². The molecular formula is C6H13NO2. The first kappa shape index (κ1) is 8.62. The van der Waals surface area contributed by atoms with Gasteiger partial charge in [0, 0.05) is 0 Å². The highest BCUT2D eigenvalue weighted by Crippen LogP contribution is 1.95. The third-order valence-electron chi connectivity index (χ3n) is 1.11. The number of hydrogen-bond donors (Lipinski definition) is 3. The van der Waals surface area contributed by atoms with Crippen molar-refractivity contribution in [3.63, 3.8) is 0 Å². The Hall–Kier alpha value is -0.380. The summed E-state index contributed by atoms with van der Waals surface area (Å²) in [6.45, 7) is 3.23. The lowest BCUT2D eigenvalue weighted by atomic mass is 10.1. The van der Waals surface area contributed by atoms with Gasteiger partial charge in [0.15, 0.2) is 0 Å². The molecule has 0 amide bonds. The number of hydrogen-bond acceptors (Lipinski definition) is 3. The zero-order valence-corrected chi connectivity index (χ0v) is 5.33. The maximum atomic E-state index is 8.96. The van der Waals surface area contributed by atoms with E-state index in [4.69, 9.17) is 15.9 Å². The second-order valence-electron chi connectivity index (χ2n) is 1.94. The molecule has 0 aliphatic heterocycles. The van der Waals surface area contributed by atoms with Crippen molar-refractivity contribution in [2.45, 2.75) is 18.6 Å². The van der Waals surface area contributed by atoms with Crippen LogP contribution in [0, 0.1) is 0 Å². The van der Waals surface area contributed by atoms with E-state index in [9.17, 15) is 0 Å². The molecule has 0 radical (unpaired) electrons. The zero-order valence-electron chi connectivity index (χ0n) is 5.33. The molecule has 0 heterocycles. The minimum Gasteiger partial charge on any atom is -0.395 e. The van der Waals surface area contributed by atoms with E-state index in [1.807, 2.05) is 0 Å². The van der Waals surface area contributed by atoms with Crippen LogP contribution >= 0.6 is 0 Å². The lowest BCUT2D eigenvalue weighted by molar-refractivity contribution is 0.111. The van der Waals surface area contributed by atoms with E-state index in [1.54, 1.807) is 6.08 Å². The van der Waals surface area contributed by atoms with Crippen molar-refractivity contribution in [1.29, 1.82) is 0 Å². The average Bonchev–Trinajstić information content (AvgIpc) is 1.87. The first-order chi connectivity index (χ1) is 4.22. The molecule has 0 aliphatic rings. The molecule has 4 N–H and O–H groups in total. The fourth-order valence-corrected chi connectivity index (χ4v) is 0.467. The van der Waals surface area contributed by atoms with E-state index >= 15 is 0 Å². The van der Waals surface area contributed by atoms with Crippen molar-refractivity contribution in [2.75, 3.05) is 6.61 Å². The summed E-state index contributed by atoms with van der Waals surface area (Å²) in [4.78, 5) is 0. The Morgan fingerprint density at radius 2 is 2.22 bits per heavy atom. The van der Waals surface area contributed by atoms with Gasteiger partial charge in [0.1, 0.15) is 0 Å². The van der Waals surface area contributed by atoms with Crippen molar-refractivity contribution < 1.29 is 10.2 Å². The predicted molar refractivity (Wildman–Crippen MR) is 35.9 cm³/mol. The Morgan fingerprint density at radius 3 is 2.56 bits per heavy atom. The maximum absolute atomic E-state index is 8.96. The maximum Gasteiger partial charge on any atom is 0.0747 e. The van der Waals surface area contributed by atoms with Crippen molar-refractivity contribution in [3.05, 3.63) is 12.7 Å². The second-order valence-corrected chi connectivity index (χ2v) is 1.94. The minimum atomic E-state index is -0.660. The normalized spacial score (nSPS) is 16.8. The summed E-state index contributed by atoms with van der Waals surface area (Å²) in [6.07, 6.45) is 1.34. The quantitative estimate of drug-likeness (QED) is 0.439. The van der Waals surface area contributed by atoms with E-state index in [1.165, 1.54) is 0 Å². The number of rotatable bonds is 4. The van der Waals surface area contributed by atoms with Gasteiger partial charge >= 0.3 is 0 Å². The Kier molecular flexibility index (Phi) is 4.30. The van der Waals surface area contributed by atoms with Gasteiger partial charge in [0.25, 0.3) is 0 Å². The molecule has 0 aliphatic carbocycles. The van der Waals surface area contributed by atoms with Crippen LogP contribution in [-0.2, 0) is 0 Å². The molecule has 0 unspecified atom stereocenters. The van der Waals surface area contributed by atoms with Gasteiger partial charge in [-0.3, -0.25) is 0 Å². The molecule has 0 saturated carbocycles. The van der Waals surface area contributed by atoms with E-state index < -0.39 is 12.1 Å². The van der Waals surface area contributed by atoms with Crippen molar-refractivity contribution >= 4 is 0 Å². The fraction of sp³-hybridized carbons (Fsp3) is 0.667. The second kappa shape index (κ2) is 4.49. The lowest BCUT2D eigenvalue weighted by Crippen LogP contribution is -2.37. The summed E-state index contributed by atoms with van der Waals surface area (Å²) in [5.41, 5.74) is 5.25. The molecule has 54 valence electrons. The topological polar surface area (TPSA) is 66.5 Å². The van der Waals surface area contributed by atoms with Crippen LogP contribution in [0.3, 0.4) is 0 Å². The smallest absolute Gasteiger partial charge is 0.0747 e. The highest BCUT2D eigenvalue weighted by molar-refractivity contribution is 4.79. The number of aliphatic hydroxyl groups is 2. The summed E-state index contributed by atoms with van der Waals surface area (Å²) in [6, 6.07) is -0.539. The van der Waals surface area contributed by atoms with Gasteiger partial charge in [-0.1, -0.05) is 6.08 Å². The molecule has 0 saturated heterocycles. The van der Waals surface area contributed by atoms with Gasteiger partial charge in [-0.2, -0.15) is 0 Å². The van der Waals surface area contributed by atoms with Gasteiger partial charge in [-0.25, -0.2) is 0 Å². The van der Waals surface area contributed by atoms with E-state index in [-0.39, 0.29) is 6.61 Å². The van der Waals surface area contributed by atoms with Crippen LogP contribution in [0.25, 0.3) is 0 Å². The molecule has 0 aromatic rings. The summed E-state index contributed by atoms with van der Waals surface area (Å²) in [5.74, 6) is 0. The van der Waals surface area contributed by atoms with Crippen LogP contribution in [0.5, 0.6) is 0 Å². The van der Waals surface area contributed by atoms with Gasteiger partial charge in [-0.05, 0) is 6.42 Å². The molecular weight excluding hydrogens is 118 g/mol. The van der Waals surface area contributed by atoms with E-state index in [0.29, 0.717) is 6.42 Å². The number of aliphatic hydroxyl groups excluding tert-OH is 2. The molecule has 3 heteroatoms. The highest BCUT2D eigenvalue weighted by atomic mass is 16.3. The van der Waals surface area contributed by atoms with Gasteiger partial charge in [0.2, 0.25) is 0 Å². The monoisotopic (exact) mass is 131 g/mol. The molecule has 0 spiro atoms. The molecule has 9 heavy (non-hydrogen) atoms. The lowest BCUT2D eigenvalue weighted by Gasteiger charge is -2.13. The molecule has 0 bridgehead atoms. The van der Waals surface area contributed by atoms with Gasteiger partial charge < -0.3 is 15.9 Å². The van der Waals surface area contributed by atoms with Crippen LogP contribution in [-0.4, -0.2) is 29.0 Å². The summed E-state index contributed by atoms with van der Waals surface area (Å²) in [5, 5.41) is 17.4. The zero-order chi connectivity index (χ0) is 7.28. The van der Waals surface area contributed by atoms with Crippen LogP contribution in [0.4, 0.5) is 0 Å². The molecule has 0 rings (SSSR count). The first-order valence-electron chi connectivity index (χ1n) is 2.87. The molecule has 0 fully saturated rings. The van der Waals surface area contributed by atoms with Crippen LogP contribution < -0.4 is 5.73 Å². The summed E-state index contributed by atoms with van der Waals surface area (Å²) < 4.78 is 0. The SMILES string of the molecule is C=CC[C@H](O)[C@@H](N)CO. The van der Waals surface area contributed by atoms with Crippen LogP contribution in [0.15, 0.2) is 12.7 Å².